The Labute approximate surface area is 116 Å². The molecule has 2 aliphatic rings. The summed E-state index contributed by atoms with van der Waals surface area (Å²) in [6, 6.07) is 3.67. The number of fused-ring (bicyclic) bond motifs is 2. The molecule has 3 nitrogen and oxygen atoms in total. The number of rotatable bonds is 1. The van der Waals surface area contributed by atoms with Crippen molar-refractivity contribution in [2.24, 2.45) is 11.8 Å². The van der Waals surface area contributed by atoms with Gasteiger partial charge in [0.05, 0.1) is 5.56 Å². The lowest BCUT2D eigenvalue weighted by molar-refractivity contribution is 0.0503. The van der Waals surface area contributed by atoms with Crippen LogP contribution in [0.25, 0.3) is 0 Å². The first-order chi connectivity index (χ1) is 8.74. The van der Waals surface area contributed by atoms with E-state index in [1.165, 1.54) is 25.7 Å². The lowest BCUT2D eigenvalue weighted by Gasteiger charge is -2.41. The number of likely N-dealkylation sites (tertiary alicyclic amines) is 1. The Balaban J connectivity index is 1.79. The normalized spacial score (nSPS) is 27.1. The van der Waals surface area contributed by atoms with E-state index in [4.69, 9.17) is 0 Å². The molecule has 0 radical (unpaired) electrons. The van der Waals surface area contributed by atoms with Crippen LogP contribution in [0.2, 0.25) is 0 Å². The maximum absolute atomic E-state index is 12.5. The van der Waals surface area contributed by atoms with Crippen LogP contribution < -0.4 is 0 Å². The second-order valence-electron chi connectivity index (χ2n) is 5.45. The molecule has 2 bridgehead atoms. The molecule has 2 unspecified atom stereocenters. The molecule has 18 heavy (non-hydrogen) atoms. The third-order valence-electron chi connectivity index (χ3n) is 4.13. The molecule has 3 rings (SSSR count). The van der Waals surface area contributed by atoms with Crippen LogP contribution in [-0.2, 0) is 0 Å². The van der Waals surface area contributed by atoms with E-state index < -0.39 is 0 Å². The van der Waals surface area contributed by atoms with Crippen molar-refractivity contribution < 1.29 is 4.79 Å². The van der Waals surface area contributed by atoms with Gasteiger partial charge < -0.3 is 4.90 Å². The molecular weight excluding hydrogens is 292 g/mol. The Morgan fingerprint density at radius 2 is 2.06 bits per heavy atom. The standard InChI is InChI=1S/C14H17BrN2O/c15-13-12(5-2-6-16-13)14(18)17-8-10-3-1-4-11(7-10)9-17/h2,5-6,10-11H,1,3-4,7-9H2. The highest BCUT2D eigenvalue weighted by atomic mass is 79.9. The third-order valence-corrected chi connectivity index (χ3v) is 4.76. The second kappa shape index (κ2) is 5.00. The summed E-state index contributed by atoms with van der Waals surface area (Å²) in [6.07, 6.45) is 6.93. The lowest BCUT2D eigenvalue weighted by Crippen LogP contribution is -2.45. The Morgan fingerprint density at radius 3 is 2.72 bits per heavy atom. The molecule has 1 aliphatic carbocycles. The highest BCUT2D eigenvalue weighted by Gasteiger charge is 2.33. The van der Waals surface area contributed by atoms with Crippen molar-refractivity contribution in [2.75, 3.05) is 13.1 Å². The van der Waals surface area contributed by atoms with E-state index in [1.807, 2.05) is 17.0 Å². The predicted octanol–water partition coefficient (Wildman–Crippen LogP) is 3.11. The molecule has 4 heteroatoms. The Bertz CT molecular complexity index is 451. The van der Waals surface area contributed by atoms with Crippen molar-refractivity contribution in [3.63, 3.8) is 0 Å². The van der Waals surface area contributed by atoms with Gasteiger partial charge in [-0.1, -0.05) is 6.42 Å². The van der Waals surface area contributed by atoms with E-state index in [1.54, 1.807) is 6.20 Å². The molecule has 1 saturated heterocycles. The van der Waals surface area contributed by atoms with Gasteiger partial charge in [0.2, 0.25) is 0 Å². The zero-order valence-corrected chi connectivity index (χ0v) is 11.9. The summed E-state index contributed by atoms with van der Waals surface area (Å²) in [6.45, 7) is 1.85. The van der Waals surface area contributed by atoms with Gasteiger partial charge in [-0.25, -0.2) is 4.98 Å². The van der Waals surface area contributed by atoms with Gasteiger partial charge in [-0.2, -0.15) is 0 Å². The monoisotopic (exact) mass is 308 g/mol. The summed E-state index contributed by atoms with van der Waals surface area (Å²) >= 11 is 3.37. The molecule has 1 aromatic heterocycles. The summed E-state index contributed by atoms with van der Waals surface area (Å²) in [5.74, 6) is 1.57. The number of nitrogens with zero attached hydrogens (tertiary/aromatic N) is 2. The Hall–Kier alpha value is -0.900. The van der Waals surface area contributed by atoms with Crippen molar-refractivity contribution in [1.82, 2.24) is 9.88 Å². The van der Waals surface area contributed by atoms with Crippen LogP contribution in [0.1, 0.15) is 36.0 Å². The minimum atomic E-state index is 0.131. The fourth-order valence-corrected chi connectivity index (χ4v) is 3.73. The molecule has 1 saturated carbocycles. The van der Waals surface area contributed by atoms with Gasteiger partial charge in [0.15, 0.2) is 0 Å². The van der Waals surface area contributed by atoms with Crippen LogP contribution in [0.3, 0.4) is 0 Å². The maximum Gasteiger partial charge on any atom is 0.256 e. The van der Waals surface area contributed by atoms with E-state index in [0.29, 0.717) is 10.2 Å². The molecular formula is C14H17BrN2O. The number of piperidine rings is 1. The SMILES string of the molecule is O=C(c1cccnc1Br)N1CC2CCCC(C2)C1. The molecule has 1 aliphatic heterocycles. The fourth-order valence-electron chi connectivity index (χ4n) is 3.31. The molecule has 2 fully saturated rings. The van der Waals surface area contributed by atoms with Crippen LogP contribution in [0.4, 0.5) is 0 Å². The van der Waals surface area contributed by atoms with Crippen molar-refractivity contribution in [2.45, 2.75) is 25.7 Å². The van der Waals surface area contributed by atoms with E-state index in [0.717, 1.165) is 24.9 Å². The summed E-state index contributed by atoms with van der Waals surface area (Å²) in [4.78, 5) is 18.7. The molecule has 0 N–H and O–H groups in total. The third kappa shape index (κ3) is 2.30. The van der Waals surface area contributed by atoms with Crippen LogP contribution in [-0.4, -0.2) is 28.9 Å². The zero-order chi connectivity index (χ0) is 12.5. The minimum absolute atomic E-state index is 0.131. The zero-order valence-electron chi connectivity index (χ0n) is 10.3. The van der Waals surface area contributed by atoms with Gasteiger partial charge in [-0.15, -0.1) is 0 Å². The summed E-state index contributed by atoms with van der Waals surface area (Å²) in [7, 11) is 0. The maximum atomic E-state index is 12.5. The quantitative estimate of drug-likeness (QED) is 0.747. The summed E-state index contributed by atoms with van der Waals surface area (Å²) in [5.41, 5.74) is 0.692. The van der Waals surface area contributed by atoms with Crippen molar-refractivity contribution in [1.29, 1.82) is 0 Å². The van der Waals surface area contributed by atoms with Gasteiger partial charge >= 0.3 is 0 Å². The highest BCUT2D eigenvalue weighted by molar-refractivity contribution is 9.10. The minimum Gasteiger partial charge on any atom is -0.338 e. The van der Waals surface area contributed by atoms with E-state index in [9.17, 15) is 4.79 Å². The van der Waals surface area contributed by atoms with Crippen molar-refractivity contribution in [3.05, 3.63) is 28.5 Å². The molecule has 96 valence electrons. The van der Waals surface area contributed by atoms with Gasteiger partial charge in [-0.05, 0) is 59.2 Å². The fraction of sp³-hybridized carbons (Fsp3) is 0.571. The lowest BCUT2D eigenvalue weighted by atomic mass is 9.78. The molecule has 2 atom stereocenters. The predicted molar refractivity (Wildman–Crippen MR) is 73.3 cm³/mol. The number of carbonyl (C=O) groups is 1. The summed E-state index contributed by atoms with van der Waals surface area (Å²) < 4.78 is 0.658. The number of carbonyl (C=O) groups excluding carboxylic acids is 1. The number of aromatic nitrogens is 1. The van der Waals surface area contributed by atoms with Crippen molar-refractivity contribution in [3.8, 4) is 0 Å². The summed E-state index contributed by atoms with van der Waals surface area (Å²) in [5, 5.41) is 0. The Kier molecular flexibility index (Phi) is 3.37. The van der Waals surface area contributed by atoms with Crippen molar-refractivity contribution >= 4 is 21.8 Å². The number of hydrogen-bond donors (Lipinski definition) is 0. The molecule has 0 aromatic carbocycles. The average Bonchev–Trinajstić information content (AvgIpc) is 2.38. The second-order valence-corrected chi connectivity index (χ2v) is 6.20. The van der Waals surface area contributed by atoms with Crippen LogP contribution >= 0.6 is 15.9 Å². The topological polar surface area (TPSA) is 33.2 Å². The van der Waals surface area contributed by atoms with Crippen LogP contribution in [0.5, 0.6) is 0 Å². The van der Waals surface area contributed by atoms with E-state index >= 15 is 0 Å². The molecule has 1 aromatic rings. The first kappa shape index (κ1) is 12.2. The molecule has 0 spiro atoms. The van der Waals surface area contributed by atoms with Gasteiger partial charge in [0.1, 0.15) is 4.60 Å². The van der Waals surface area contributed by atoms with Crippen LogP contribution in [0.15, 0.2) is 22.9 Å². The number of pyridine rings is 1. The first-order valence-electron chi connectivity index (χ1n) is 6.64. The van der Waals surface area contributed by atoms with Gasteiger partial charge in [0, 0.05) is 19.3 Å². The largest absolute Gasteiger partial charge is 0.338 e. The van der Waals surface area contributed by atoms with Crippen LogP contribution in [0, 0.1) is 11.8 Å². The van der Waals surface area contributed by atoms with E-state index in [2.05, 4.69) is 20.9 Å². The number of halogens is 1. The highest BCUT2D eigenvalue weighted by Crippen LogP contribution is 2.35. The smallest absolute Gasteiger partial charge is 0.256 e. The first-order valence-corrected chi connectivity index (χ1v) is 7.43. The van der Waals surface area contributed by atoms with E-state index in [-0.39, 0.29) is 5.91 Å². The van der Waals surface area contributed by atoms with Gasteiger partial charge in [-0.3, -0.25) is 4.79 Å². The number of hydrogen-bond acceptors (Lipinski definition) is 2. The Morgan fingerprint density at radius 1 is 1.33 bits per heavy atom. The molecule has 2 heterocycles. The van der Waals surface area contributed by atoms with Gasteiger partial charge in [0.25, 0.3) is 5.91 Å². The molecule has 1 amide bonds. The number of amides is 1. The average molecular weight is 309 g/mol.